The third kappa shape index (κ3) is 3.91. The second-order valence-corrected chi connectivity index (χ2v) is 5.52. The lowest BCUT2D eigenvalue weighted by Crippen LogP contribution is -2.25. The molecule has 1 amide bonds. The average Bonchev–Trinajstić information content (AvgIpc) is 3.15. The Bertz CT molecular complexity index is 764. The fourth-order valence-electron chi connectivity index (χ4n) is 2.50. The van der Waals surface area contributed by atoms with Crippen LogP contribution < -0.4 is 5.32 Å². The molecule has 0 spiro atoms. The molecule has 0 radical (unpaired) electrons. The highest BCUT2D eigenvalue weighted by Gasteiger charge is 2.11. The van der Waals surface area contributed by atoms with Gasteiger partial charge in [-0.25, -0.2) is 0 Å². The summed E-state index contributed by atoms with van der Waals surface area (Å²) < 4.78 is 5.23. The van der Waals surface area contributed by atoms with Crippen molar-refractivity contribution in [3.8, 4) is 0 Å². The van der Waals surface area contributed by atoms with Crippen LogP contribution in [0.2, 0.25) is 0 Å². The zero-order chi connectivity index (χ0) is 16.8. The van der Waals surface area contributed by atoms with Crippen LogP contribution in [0, 0.1) is 0 Å². The van der Waals surface area contributed by atoms with Crippen molar-refractivity contribution in [3.63, 3.8) is 0 Å². The average molecular weight is 321 g/mol. The molecule has 1 atom stereocenters. The number of hydrogen-bond acceptors (Lipinski definition) is 3. The highest BCUT2D eigenvalue weighted by molar-refractivity contribution is 5.94. The predicted octanol–water partition coefficient (Wildman–Crippen LogP) is 3.33. The fraction of sp³-hybridized carbons (Fsp3) is 0.150. The van der Waals surface area contributed by atoms with Crippen LogP contribution in [0.15, 0.2) is 77.4 Å². The monoisotopic (exact) mass is 321 g/mol. The molecule has 0 aliphatic rings. The van der Waals surface area contributed by atoms with E-state index in [4.69, 9.17) is 4.42 Å². The Hall–Kier alpha value is -2.85. The van der Waals surface area contributed by atoms with E-state index in [0.717, 1.165) is 16.9 Å². The summed E-state index contributed by atoms with van der Waals surface area (Å²) in [7, 11) is 0. The van der Waals surface area contributed by atoms with Gasteiger partial charge in [0.2, 0.25) is 0 Å². The van der Waals surface area contributed by atoms with E-state index in [2.05, 4.69) is 5.32 Å². The molecule has 4 heteroatoms. The quantitative estimate of drug-likeness (QED) is 0.732. The number of aliphatic hydroxyl groups excluding tert-OH is 1. The molecule has 0 fully saturated rings. The summed E-state index contributed by atoms with van der Waals surface area (Å²) in [5.74, 6) is 0.707. The van der Waals surface area contributed by atoms with E-state index in [1.807, 2.05) is 42.5 Å². The van der Waals surface area contributed by atoms with Crippen LogP contribution in [0.25, 0.3) is 0 Å². The first-order chi connectivity index (χ1) is 11.7. The number of carbonyl (C=O) groups is 1. The maximum Gasteiger partial charge on any atom is 0.251 e. The highest BCUT2D eigenvalue weighted by atomic mass is 16.3. The van der Waals surface area contributed by atoms with Crippen molar-refractivity contribution in [1.29, 1.82) is 0 Å². The van der Waals surface area contributed by atoms with Crippen molar-refractivity contribution in [2.45, 2.75) is 12.5 Å². The number of hydrogen-bond donors (Lipinski definition) is 2. The van der Waals surface area contributed by atoms with Gasteiger partial charge in [-0.05, 0) is 35.4 Å². The molecule has 1 aromatic heterocycles. The number of amides is 1. The van der Waals surface area contributed by atoms with Crippen molar-refractivity contribution in [1.82, 2.24) is 5.32 Å². The molecule has 1 heterocycles. The number of furan rings is 1. The fourth-order valence-corrected chi connectivity index (χ4v) is 2.50. The first-order valence-electron chi connectivity index (χ1n) is 7.87. The summed E-state index contributed by atoms with van der Waals surface area (Å²) in [5.41, 5.74) is 2.15. The van der Waals surface area contributed by atoms with E-state index in [-0.39, 0.29) is 5.91 Å². The second-order valence-electron chi connectivity index (χ2n) is 5.52. The van der Waals surface area contributed by atoms with Gasteiger partial charge in [-0.1, -0.05) is 42.5 Å². The van der Waals surface area contributed by atoms with E-state index in [9.17, 15) is 9.90 Å². The Balaban J connectivity index is 1.58. The molecule has 0 aliphatic heterocycles. The summed E-state index contributed by atoms with van der Waals surface area (Å²) in [6.45, 7) is 0.515. The van der Waals surface area contributed by atoms with Gasteiger partial charge in [0, 0.05) is 18.5 Å². The molecule has 3 aromatic rings. The van der Waals surface area contributed by atoms with E-state index in [1.54, 1.807) is 30.5 Å². The third-order valence-electron chi connectivity index (χ3n) is 3.84. The molecule has 0 unspecified atom stereocenters. The second kappa shape index (κ2) is 7.62. The molecular formula is C20H19NO3. The van der Waals surface area contributed by atoms with E-state index in [0.29, 0.717) is 18.5 Å². The van der Waals surface area contributed by atoms with Crippen molar-refractivity contribution < 1.29 is 14.3 Å². The SMILES string of the molecule is O=C(NCCc1ccco1)c1ccc([C@H](O)c2ccccc2)cc1. The number of aliphatic hydroxyl groups is 1. The van der Waals surface area contributed by atoms with Crippen LogP contribution in [0.3, 0.4) is 0 Å². The van der Waals surface area contributed by atoms with Gasteiger partial charge in [0.1, 0.15) is 11.9 Å². The summed E-state index contributed by atoms with van der Waals surface area (Å²) >= 11 is 0. The molecule has 122 valence electrons. The molecule has 0 bridgehead atoms. The zero-order valence-electron chi connectivity index (χ0n) is 13.2. The van der Waals surface area contributed by atoms with Gasteiger partial charge in [0.05, 0.1) is 6.26 Å². The topological polar surface area (TPSA) is 62.5 Å². The number of benzene rings is 2. The summed E-state index contributed by atoms with van der Waals surface area (Å²) in [6.07, 6.45) is 1.58. The summed E-state index contributed by atoms with van der Waals surface area (Å²) in [5, 5.41) is 13.2. The number of nitrogens with one attached hydrogen (secondary N) is 1. The molecule has 0 saturated carbocycles. The van der Waals surface area contributed by atoms with Gasteiger partial charge >= 0.3 is 0 Å². The number of carbonyl (C=O) groups excluding carboxylic acids is 1. The largest absolute Gasteiger partial charge is 0.469 e. The predicted molar refractivity (Wildman–Crippen MR) is 91.7 cm³/mol. The highest BCUT2D eigenvalue weighted by Crippen LogP contribution is 2.21. The molecule has 4 nitrogen and oxygen atoms in total. The molecular weight excluding hydrogens is 302 g/mol. The Morgan fingerprint density at radius 2 is 1.67 bits per heavy atom. The summed E-state index contributed by atoms with van der Waals surface area (Å²) in [4.78, 5) is 12.1. The molecule has 0 aliphatic carbocycles. The van der Waals surface area contributed by atoms with Crippen LogP contribution in [0.1, 0.15) is 33.3 Å². The van der Waals surface area contributed by atoms with Crippen LogP contribution >= 0.6 is 0 Å². The first-order valence-corrected chi connectivity index (χ1v) is 7.87. The van der Waals surface area contributed by atoms with Gasteiger partial charge in [-0.15, -0.1) is 0 Å². The lowest BCUT2D eigenvalue weighted by molar-refractivity contribution is 0.0953. The lowest BCUT2D eigenvalue weighted by atomic mass is 10.0. The molecule has 2 N–H and O–H groups in total. The number of rotatable bonds is 6. The maximum absolute atomic E-state index is 12.1. The lowest BCUT2D eigenvalue weighted by Gasteiger charge is -2.12. The van der Waals surface area contributed by atoms with Gasteiger partial charge in [-0.2, -0.15) is 0 Å². The van der Waals surface area contributed by atoms with Gasteiger partial charge in [0.15, 0.2) is 0 Å². The zero-order valence-corrected chi connectivity index (χ0v) is 13.2. The smallest absolute Gasteiger partial charge is 0.251 e. The van der Waals surface area contributed by atoms with Crippen molar-refractivity contribution >= 4 is 5.91 Å². The van der Waals surface area contributed by atoms with Crippen LogP contribution in [-0.4, -0.2) is 17.6 Å². The Labute approximate surface area is 140 Å². The Kier molecular flexibility index (Phi) is 5.08. The maximum atomic E-state index is 12.1. The Morgan fingerprint density at radius 3 is 2.33 bits per heavy atom. The third-order valence-corrected chi connectivity index (χ3v) is 3.84. The van der Waals surface area contributed by atoms with E-state index >= 15 is 0 Å². The van der Waals surface area contributed by atoms with E-state index in [1.165, 1.54) is 0 Å². The van der Waals surface area contributed by atoms with E-state index < -0.39 is 6.10 Å². The van der Waals surface area contributed by atoms with Gasteiger partial charge in [-0.3, -0.25) is 4.79 Å². The minimum Gasteiger partial charge on any atom is -0.469 e. The van der Waals surface area contributed by atoms with Crippen LogP contribution in [0.5, 0.6) is 0 Å². The van der Waals surface area contributed by atoms with Crippen LogP contribution in [-0.2, 0) is 6.42 Å². The minimum absolute atomic E-state index is 0.137. The van der Waals surface area contributed by atoms with Gasteiger partial charge in [0.25, 0.3) is 5.91 Å². The normalized spacial score (nSPS) is 11.9. The van der Waals surface area contributed by atoms with Gasteiger partial charge < -0.3 is 14.8 Å². The van der Waals surface area contributed by atoms with Crippen molar-refractivity contribution in [3.05, 3.63) is 95.4 Å². The molecule has 3 rings (SSSR count). The van der Waals surface area contributed by atoms with Crippen LogP contribution in [0.4, 0.5) is 0 Å². The Morgan fingerprint density at radius 1 is 0.958 bits per heavy atom. The van der Waals surface area contributed by atoms with Crippen molar-refractivity contribution in [2.75, 3.05) is 6.54 Å². The van der Waals surface area contributed by atoms with Crippen molar-refractivity contribution in [2.24, 2.45) is 0 Å². The first kappa shape index (κ1) is 16.0. The molecule has 0 saturated heterocycles. The standard InChI is InChI=1S/C20H19NO3/c22-19(15-5-2-1-3-6-15)16-8-10-17(11-9-16)20(23)21-13-12-18-7-4-14-24-18/h1-11,14,19,22H,12-13H2,(H,21,23)/t19-/m1/s1. The summed E-state index contributed by atoms with van der Waals surface area (Å²) in [6, 6.07) is 20.1. The molecule has 24 heavy (non-hydrogen) atoms. The minimum atomic E-state index is -0.692. The molecule has 2 aromatic carbocycles.